The van der Waals surface area contributed by atoms with Crippen LogP contribution in [0.3, 0.4) is 0 Å². The van der Waals surface area contributed by atoms with Gasteiger partial charge in [0.2, 0.25) is 0 Å². The molecular formula is C20H18N+. The van der Waals surface area contributed by atoms with Crippen LogP contribution in [0, 0.1) is 0 Å². The first-order chi connectivity index (χ1) is 10.3. The zero-order valence-corrected chi connectivity index (χ0v) is 12.1. The van der Waals surface area contributed by atoms with Crippen LogP contribution in [0.15, 0.2) is 79.1 Å². The largest absolute Gasteiger partial charge is 0.207 e. The first kappa shape index (κ1) is 13.3. The van der Waals surface area contributed by atoms with E-state index in [1.54, 1.807) is 0 Å². The Morgan fingerprint density at radius 3 is 2.14 bits per heavy atom. The lowest BCUT2D eigenvalue weighted by molar-refractivity contribution is -0.671. The van der Waals surface area contributed by atoms with Gasteiger partial charge in [0.1, 0.15) is 7.05 Å². The minimum absolute atomic E-state index is 1.21. The van der Waals surface area contributed by atoms with E-state index in [2.05, 4.69) is 90.8 Å². The summed E-state index contributed by atoms with van der Waals surface area (Å²) in [4.78, 5) is 0. The fourth-order valence-corrected chi connectivity index (χ4v) is 2.36. The summed E-state index contributed by atoms with van der Waals surface area (Å²) in [5.41, 5.74) is 4.92. The van der Waals surface area contributed by atoms with Crippen molar-refractivity contribution in [2.75, 3.05) is 0 Å². The van der Waals surface area contributed by atoms with Crippen LogP contribution in [0.5, 0.6) is 0 Å². The van der Waals surface area contributed by atoms with Crippen molar-refractivity contribution in [2.45, 2.75) is 0 Å². The van der Waals surface area contributed by atoms with Crippen molar-refractivity contribution in [1.82, 2.24) is 0 Å². The Balaban J connectivity index is 2.01. The first-order valence-corrected chi connectivity index (χ1v) is 7.11. The van der Waals surface area contributed by atoms with Gasteiger partial charge in [-0.05, 0) is 16.7 Å². The minimum atomic E-state index is 1.21. The lowest BCUT2D eigenvalue weighted by atomic mass is 10.0. The standard InChI is InChI=1S/C20H18N/c1-21-15-14-19(13-12-17-8-4-2-5-9-17)20(16-21)18-10-6-3-7-11-18/h2-16H,1H3/q+1/b13-12+. The molecule has 21 heavy (non-hydrogen) atoms. The average Bonchev–Trinajstić information content (AvgIpc) is 2.55. The van der Waals surface area contributed by atoms with Crippen LogP contribution >= 0.6 is 0 Å². The lowest BCUT2D eigenvalue weighted by Gasteiger charge is -2.04. The van der Waals surface area contributed by atoms with Gasteiger partial charge in [-0.15, -0.1) is 0 Å². The fraction of sp³-hybridized carbons (Fsp3) is 0.0500. The van der Waals surface area contributed by atoms with Gasteiger partial charge in [0.25, 0.3) is 0 Å². The highest BCUT2D eigenvalue weighted by Gasteiger charge is 2.07. The van der Waals surface area contributed by atoms with E-state index < -0.39 is 0 Å². The van der Waals surface area contributed by atoms with Crippen molar-refractivity contribution >= 4 is 12.2 Å². The predicted octanol–water partition coefficient (Wildman–Crippen LogP) is 4.35. The summed E-state index contributed by atoms with van der Waals surface area (Å²) in [6.07, 6.45) is 8.58. The van der Waals surface area contributed by atoms with Crippen LogP contribution in [0.2, 0.25) is 0 Å². The zero-order valence-electron chi connectivity index (χ0n) is 12.1. The second-order valence-corrected chi connectivity index (χ2v) is 5.09. The highest BCUT2D eigenvalue weighted by atomic mass is 14.9. The maximum absolute atomic E-state index is 2.18. The molecule has 0 saturated carbocycles. The molecule has 0 bridgehead atoms. The quantitative estimate of drug-likeness (QED) is 0.624. The van der Waals surface area contributed by atoms with Crippen molar-refractivity contribution < 1.29 is 4.57 Å². The summed E-state index contributed by atoms with van der Waals surface area (Å²) in [6.45, 7) is 0. The highest BCUT2D eigenvalue weighted by molar-refractivity contribution is 5.79. The summed E-state index contributed by atoms with van der Waals surface area (Å²) in [7, 11) is 2.05. The molecule has 2 aromatic carbocycles. The fourth-order valence-electron chi connectivity index (χ4n) is 2.36. The Morgan fingerprint density at radius 1 is 0.762 bits per heavy atom. The molecule has 0 aliphatic rings. The molecule has 0 radical (unpaired) electrons. The minimum Gasteiger partial charge on any atom is -0.207 e. The average molecular weight is 272 g/mol. The van der Waals surface area contributed by atoms with Gasteiger partial charge >= 0.3 is 0 Å². The Morgan fingerprint density at radius 2 is 1.43 bits per heavy atom. The molecule has 1 heteroatoms. The van der Waals surface area contributed by atoms with Crippen molar-refractivity contribution in [3.8, 4) is 11.1 Å². The maximum Gasteiger partial charge on any atom is 0.176 e. The maximum atomic E-state index is 2.18. The third-order valence-corrected chi connectivity index (χ3v) is 3.47. The second-order valence-electron chi connectivity index (χ2n) is 5.09. The van der Waals surface area contributed by atoms with Crippen LogP contribution in [0.1, 0.15) is 11.1 Å². The molecule has 0 aliphatic carbocycles. The molecule has 0 unspecified atom stereocenters. The van der Waals surface area contributed by atoms with Gasteiger partial charge in [0.05, 0.1) is 5.56 Å². The van der Waals surface area contributed by atoms with Crippen LogP contribution in [-0.2, 0) is 7.05 Å². The number of benzene rings is 2. The number of rotatable bonds is 3. The second kappa shape index (κ2) is 6.19. The van der Waals surface area contributed by atoms with Crippen molar-refractivity contribution in [3.05, 3.63) is 90.3 Å². The molecule has 3 rings (SSSR count). The molecule has 0 atom stereocenters. The van der Waals surface area contributed by atoms with Crippen LogP contribution in [-0.4, -0.2) is 0 Å². The Kier molecular flexibility index (Phi) is 3.92. The number of nitrogens with zero attached hydrogens (tertiary/aromatic N) is 1. The summed E-state index contributed by atoms with van der Waals surface area (Å²) < 4.78 is 2.09. The summed E-state index contributed by atoms with van der Waals surface area (Å²) in [5, 5.41) is 0. The summed E-state index contributed by atoms with van der Waals surface area (Å²) in [5.74, 6) is 0. The monoisotopic (exact) mass is 272 g/mol. The molecule has 1 nitrogen and oxygen atoms in total. The Bertz CT molecular complexity index is 743. The molecule has 0 aliphatic heterocycles. The number of aromatic nitrogens is 1. The Hall–Kier alpha value is -2.67. The third kappa shape index (κ3) is 3.26. The van der Waals surface area contributed by atoms with Crippen LogP contribution in [0.25, 0.3) is 23.3 Å². The number of pyridine rings is 1. The molecule has 3 aromatic rings. The highest BCUT2D eigenvalue weighted by Crippen LogP contribution is 2.23. The SMILES string of the molecule is C[n+]1ccc(/C=C/c2ccccc2)c(-c2ccccc2)c1. The van der Waals surface area contributed by atoms with E-state index in [4.69, 9.17) is 0 Å². The van der Waals surface area contributed by atoms with Crippen LogP contribution < -0.4 is 4.57 Å². The summed E-state index contributed by atoms with van der Waals surface area (Å²) >= 11 is 0. The van der Waals surface area contributed by atoms with E-state index in [0.717, 1.165) is 0 Å². The topological polar surface area (TPSA) is 3.88 Å². The van der Waals surface area contributed by atoms with E-state index in [1.807, 2.05) is 12.1 Å². The molecule has 0 N–H and O–H groups in total. The normalized spacial score (nSPS) is 10.9. The molecule has 0 spiro atoms. The molecule has 0 saturated heterocycles. The molecular weight excluding hydrogens is 254 g/mol. The van der Waals surface area contributed by atoms with Crippen molar-refractivity contribution in [2.24, 2.45) is 7.05 Å². The number of hydrogen-bond donors (Lipinski definition) is 0. The molecule has 0 amide bonds. The predicted molar refractivity (Wildman–Crippen MR) is 88.4 cm³/mol. The van der Waals surface area contributed by atoms with Crippen molar-refractivity contribution in [3.63, 3.8) is 0 Å². The van der Waals surface area contributed by atoms with Gasteiger partial charge in [0.15, 0.2) is 12.4 Å². The van der Waals surface area contributed by atoms with Gasteiger partial charge in [-0.2, -0.15) is 0 Å². The van der Waals surface area contributed by atoms with E-state index in [9.17, 15) is 0 Å². The molecule has 1 heterocycles. The van der Waals surface area contributed by atoms with Gasteiger partial charge in [-0.25, -0.2) is 4.57 Å². The van der Waals surface area contributed by atoms with Crippen molar-refractivity contribution in [1.29, 1.82) is 0 Å². The lowest BCUT2D eigenvalue weighted by Crippen LogP contribution is -2.26. The first-order valence-electron chi connectivity index (χ1n) is 7.11. The van der Waals surface area contributed by atoms with E-state index in [0.29, 0.717) is 0 Å². The number of aryl methyl sites for hydroxylation is 1. The van der Waals surface area contributed by atoms with Gasteiger partial charge in [0, 0.05) is 6.07 Å². The number of hydrogen-bond acceptors (Lipinski definition) is 0. The summed E-state index contributed by atoms with van der Waals surface area (Å²) in [6, 6.07) is 23.0. The molecule has 0 fully saturated rings. The van der Waals surface area contributed by atoms with Gasteiger partial charge in [-0.1, -0.05) is 72.8 Å². The van der Waals surface area contributed by atoms with E-state index >= 15 is 0 Å². The van der Waals surface area contributed by atoms with E-state index in [-0.39, 0.29) is 0 Å². The van der Waals surface area contributed by atoms with Gasteiger partial charge in [-0.3, -0.25) is 0 Å². The van der Waals surface area contributed by atoms with E-state index in [1.165, 1.54) is 22.3 Å². The molecule has 1 aromatic heterocycles. The third-order valence-electron chi connectivity index (χ3n) is 3.47. The smallest absolute Gasteiger partial charge is 0.176 e. The Labute approximate surface area is 125 Å². The van der Waals surface area contributed by atoms with Gasteiger partial charge < -0.3 is 0 Å². The zero-order chi connectivity index (χ0) is 14.5. The molecule has 102 valence electrons. The van der Waals surface area contributed by atoms with Crippen LogP contribution in [0.4, 0.5) is 0 Å².